The second-order valence-corrected chi connectivity index (χ2v) is 7.52. The van der Waals surface area contributed by atoms with Crippen LogP contribution in [0.15, 0.2) is 41.6 Å². The van der Waals surface area contributed by atoms with E-state index in [4.69, 9.17) is 9.88 Å². The Bertz CT molecular complexity index is 888. The summed E-state index contributed by atoms with van der Waals surface area (Å²) in [7, 11) is -2.18. The molecule has 0 radical (unpaired) electrons. The van der Waals surface area contributed by atoms with Crippen LogP contribution in [0.25, 0.3) is 0 Å². The highest BCUT2D eigenvalue weighted by molar-refractivity contribution is 7.89. The van der Waals surface area contributed by atoms with Gasteiger partial charge in [0.15, 0.2) is 0 Å². The number of benzene rings is 1. The highest BCUT2D eigenvalue weighted by Crippen LogP contribution is 2.28. The van der Waals surface area contributed by atoms with E-state index in [2.05, 4.69) is 10.00 Å². The summed E-state index contributed by atoms with van der Waals surface area (Å²) in [6.07, 6.45) is 2.40. The van der Waals surface area contributed by atoms with Crippen LogP contribution in [-0.4, -0.2) is 62.3 Å². The fraction of sp³-hybridized carbons (Fsp3) is 0.375. The fourth-order valence-electron chi connectivity index (χ4n) is 2.90. The summed E-state index contributed by atoms with van der Waals surface area (Å²) < 4.78 is 29.2. The first-order valence-electron chi connectivity index (χ1n) is 8.09. The summed E-state index contributed by atoms with van der Waals surface area (Å²) >= 11 is 0. The molecule has 9 nitrogen and oxygen atoms in total. The molecule has 2 N–H and O–H groups in total. The maximum Gasteiger partial charge on any atom is 0.244 e. The number of primary sulfonamides is 1. The number of rotatable bonds is 5. The van der Waals surface area contributed by atoms with E-state index in [9.17, 15) is 13.2 Å². The zero-order chi connectivity index (χ0) is 18.7. The molecule has 1 fully saturated rings. The van der Waals surface area contributed by atoms with Crippen LogP contribution in [0.2, 0.25) is 0 Å². The standard InChI is InChI=1S/C16H21N5O4S/c1-25-15-5-3-2-4-14(15)19-6-8-20(9-7-19)16(22)12-21-11-13(10-18-21)26(17,23)24/h2-5,10-11H,6-9,12H2,1H3,(H2,17,23,24). The quantitative estimate of drug-likeness (QED) is 0.776. The van der Waals surface area contributed by atoms with E-state index in [1.165, 1.54) is 10.9 Å². The van der Waals surface area contributed by atoms with Crippen molar-refractivity contribution >= 4 is 21.6 Å². The van der Waals surface area contributed by atoms with Gasteiger partial charge in [0.25, 0.3) is 0 Å². The number of anilines is 1. The lowest BCUT2D eigenvalue weighted by atomic mass is 10.2. The molecule has 0 spiro atoms. The molecule has 26 heavy (non-hydrogen) atoms. The van der Waals surface area contributed by atoms with Crippen LogP contribution >= 0.6 is 0 Å². The molecule has 0 bridgehead atoms. The van der Waals surface area contributed by atoms with Crippen molar-refractivity contribution in [3.8, 4) is 5.75 Å². The molecule has 1 aliphatic heterocycles. The van der Waals surface area contributed by atoms with E-state index in [0.29, 0.717) is 26.2 Å². The van der Waals surface area contributed by atoms with Crippen LogP contribution in [0.3, 0.4) is 0 Å². The predicted octanol–water partition coefficient (Wildman–Crippen LogP) is -0.112. The molecule has 0 saturated carbocycles. The second kappa shape index (κ2) is 7.34. The third-order valence-corrected chi connectivity index (χ3v) is 5.16. The Balaban J connectivity index is 1.59. The number of sulfonamides is 1. The van der Waals surface area contributed by atoms with Gasteiger partial charge in [-0.1, -0.05) is 12.1 Å². The number of methoxy groups -OCH3 is 1. The van der Waals surface area contributed by atoms with Crippen LogP contribution in [0.5, 0.6) is 5.75 Å². The van der Waals surface area contributed by atoms with Crippen LogP contribution in [-0.2, 0) is 21.4 Å². The summed E-state index contributed by atoms with van der Waals surface area (Å²) in [5.74, 6) is 0.688. The number of nitrogens with zero attached hydrogens (tertiary/aromatic N) is 4. The number of hydrogen-bond donors (Lipinski definition) is 1. The monoisotopic (exact) mass is 379 g/mol. The van der Waals surface area contributed by atoms with E-state index < -0.39 is 10.0 Å². The molecule has 0 aliphatic carbocycles. The number of para-hydroxylation sites is 2. The van der Waals surface area contributed by atoms with E-state index in [1.807, 2.05) is 24.3 Å². The predicted molar refractivity (Wildman–Crippen MR) is 95.4 cm³/mol. The van der Waals surface area contributed by atoms with Crippen molar-refractivity contribution in [3.63, 3.8) is 0 Å². The zero-order valence-electron chi connectivity index (χ0n) is 14.4. The Morgan fingerprint density at radius 2 is 1.92 bits per heavy atom. The lowest BCUT2D eigenvalue weighted by Crippen LogP contribution is -2.49. The third kappa shape index (κ3) is 3.97. The zero-order valence-corrected chi connectivity index (χ0v) is 15.2. The summed E-state index contributed by atoms with van der Waals surface area (Å²) in [6.45, 7) is 2.49. The van der Waals surface area contributed by atoms with Gasteiger partial charge in [-0.15, -0.1) is 0 Å². The number of carbonyl (C=O) groups is 1. The number of piperazine rings is 1. The summed E-state index contributed by atoms with van der Waals surface area (Å²) in [4.78, 5) is 16.2. The molecule has 10 heteroatoms. The molecule has 1 saturated heterocycles. The molecule has 3 rings (SSSR count). The molecule has 2 heterocycles. The van der Waals surface area contributed by atoms with E-state index in [-0.39, 0.29) is 17.3 Å². The topological polar surface area (TPSA) is 111 Å². The van der Waals surface area contributed by atoms with Crippen molar-refractivity contribution in [1.82, 2.24) is 14.7 Å². The Labute approximate surface area is 152 Å². The van der Waals surface area contributed by atoms with Crippen molar-refractivity contribution in [3.05, 3.63) is 36.7 Å². The van der Waals surface area contributed by atoms with Gasteiger partial charge >= 0.3 is 0 Å². The Kier molecular flexibility index (Phi) is 5.14. The number of aromatic nitrogens is 2. The minimum Gasteiger partial charge on any atom is -0.495 e. The minimum atomic E-state index is -3.81. The molecule has 0 atom stereocenters. The molecule has 0 unspecified atom stereocenters. The van der Waals surface area contributed by atoms with Crippen molar-refractivity contribution in [2.75, 3.05) is 38.2 Å². The van der Waals surface area contributed by atoms with Gasteiger partial charge in [-0.3, -0.25) is 9.48 Å². The lowest BCUT2D eigenvalue weighted by molar-refractivity contribution is -0.132. The molecule has 1 aromatic carbocycles. The maximum atomic E-state index is 12.4. The smallest absolute Gasteiger partial charge is 0.244 e. The molecule has 140 valence electrons. The SMILES string of the molecule is COc1ccccc1N1CCN(C(=O)Cn2cc(S(N)(=O)=O)cn2)CC1. The van der Waals surface area contributed by atoms with Gasteiger partial charge in [-0.2, -0.15) is 5.10 Å². The number of carbonyl (C=O) groups excluding carboxylic acids is 1. The lowest BCUT2D eigenvalue weighted by Gasteiger charge is -2.36. The largest absolute Gasteiger partial charge is 0.495 e. The van der Waals surface area contributed by atoms with E-state index in [0.717, 1.165) is 17.6 Å². The number of nitrogens with two attached hydrogens (primary N) is 1. The van der Waals surface area contributed by atoms with Crippen molar-refractivity contribution in [2.45, 2.75) is 11.4 Å². The average molecular weight is 379 g/mol. The van der Waals surface area contributed by atoms with Crippen molar-refractivity contribution < 1.29 is 17.9 Å². The number of ether oxygens (including phenoxy) is 1. The van der Waals surface area contributed by atoms with Crippen LogP contribution < -0.4 is 14.8 Å². The Hall–Kier alpha value is -2.59. The number of hydrogen-bond acceptors (Lipinski definition) is 6. The van der Waals surface area contributed by atoms with Crippen molar-refractivity contribution in [1.29, 1.82) is 0 Å². The van der Waals surface area contributed by atoms with Crippen LogP contribution in [0.4, 0.5) is 5.69 Å². The molecule has 2 aromatic rings. The summed E-state index contributed by atoms with van der Waals surface area (Å²) in [5.41, 5.74) is 1.01. The molecule has 1 aliphatic rings. The van der Waals surface area contributed by atoms with Crippen molar-refractivity contribution in [2.24, 2.45) is 5.14 Å². The third-order valence-electron chi connectivity index (χ3n) is 4.29. The minimum absolute atomic E-state index is 0.0236. The van der Waals surface area contributed by atoms with Gasteiger partial charge in [0.1, 0.15) is 17.2 Å². The highest BCUT2D eigenvalue weighted by Gasteiger charge is 2.23. The molecular formula is C16H21N5O4S. The number of amides is 1. The van der Waals surface area contributed by atoms with Gasteiger partial charge in [-0.25, -0.2) is 13.6 Å². The fourth-order valence-corrected chi connectivity index (χ4v) is 3.37. The van der Waals surface area contributed by atoms with E-state index >= 15 is 0 Å². The van der Waals surface area contributed by atoms with Gasteiger partial charge < -0.3 is 14.5 Å². The van der Waals surface area contributed by atoms with E-state index in [1.54, 1.807) is 12.0 Å². The van der Waals surface area contributed by atoms with Gasteiger partial charge in [0.2, 0.25) is 15.9 Å². The van der Waals surface area contributed by atoms with Gasteiger partial charge in [0, 0.05) is 32.4 Å². The first-order chi connectivity index (χ1) is 12.4. The Morgan fingerprint density at radius 3 is 2.54 bits per heavy atom. The first-order valence-corrected chi connectivity index (χ1v) is 9.64. The van der Waals surface area contributed by atoms with Gasteiger partial charge in [-0.05, 0) is 12.1 Å². The Morgan fingerprint density at radius 1 is 1.23 bits per heavy atom. The van der Waals surface area contributed by atoms with Gasteiger partial charge in [0.05, 0.1) is 19.0 Å². The van der Waals surface area contributed by atoms with Crippen LogP contribution in [0, 0.1) is 0 Å². The van der Waals surface area contributed by atoms with Crippen LogP contribution in [0.1, 0.15) is 0 Å². The summed E-state index contributed by atoms with van der Waals surface area (Å²) in [5, 5.41) is 8.93. The normalized spacial score (nSPS) is 15.2. The summed E-state index contributed by atoms with van der Waals surface area (Å²) in [6, 6.07) is 7.78. The molecule has 1 amide bonds. The molecule has 1 aromatic heterocycles. The second-order valence-electron chi connectivity index (χ2n) is 5.96. The molecular weight excluding hydrogens is 358 g/mol. The first kappa shape index (κ1) is 18.2. The average Bonchev–Trinajstić information content (AvgIpc) is 3.10. The highest BCUT2D eigenvalue weighted by atomic mass is 32.2. The maximum absolute atomic E-state index is 12.4.